The first kappa shape index (κ1) is 9.44. The molecule has 0 aromatic carbocycles. The quantitative estimate of drug-likeness (QED) is 0.563. The lowest BCUT2D eigenvalue weighted by Gasteiger charge is -2.15. The number of aliphatic hydroxyl groups is 1. The Kier molecular flexibility index (Phi) is 2.36. The van der Waals surface area contributed by atoms with E-state index in [4.69, 9.17) is 20.3 Å². The largest absolute Gasteiger partial charge is 0.394 e. The summed E-state index contributed by atoms with van der Waals surface area (Å²) in [5, 5.41) is 8.80. The second-order valence-corrected chi connectivity index (χ2v) is 3.18. The van der Waals surface area contributed by atoms with Gasteiger partial charge in [-0.2, -0.15) is 0 Å². The minimum absolute atomic E-state index is 0.267. The zero-order valence-electron chi connectivity index (χ0n) is 7.11. The maximum atomic E-state index is 10.8. The topological polar surface area (TPSA) is 81.8 Å². The van der Waals surface area contributed by atoms with Crippen LogP contribution in [0.25, 0.3) is 0 Å². The van der Waals surface area contributed by atoms with Crippen LogP contribution in [-0.2, 0) is 14.3 Å². The molecule has 2 atom stereocenters. The molecule has 0 unspecified atom stereocenters. The molecule has 0 aromatic rings. The molecule has 1 saturated heterocycles. The zero-order chi connectivity index (χ0) is 9.35. The maximum absolute atomic E-state index is 10.8. The summed E-state index contributed by atoms with van der Waals surface area (Å²) in [7, 11) is 0. The molecule has 0 radical (unpaired) electrons. The van der Waals surface area contributed by atoms with Gasteiger partial charge in [-0.1, -0.05) is 0 Å². The molecule has 0 bridgehead atoms. The molecule has 5 heteroatoms. The van der Waals surface area contributed by atoms with Crippen molar-refractivity contribution < 1.29 is 19.4 Å². The molecule has 5 nitrogen and oxygen atoms in total. The Morgan fingerprint density at radius 3 is 2.50 bits per heavy atom. The van der Waals surface area contributed by atoms with Crippen molar-refractivity contribution >= 4 is 5.91 Å². The van der Waals surface area contributed by atoms with Gasteiger partial charge in [-0.25, -0.2) is 0 Å². The average Bonchev–Trinajstić information content (AvgIpc) is 2.25. The van der Waals surface area contributed by atoms with Crippen LogP contribution in [0.2, 0.25) is 0 Å². The summed E-state index contributed by atoms with van der Waals surface area (Å²) < 4.78 is 10.4. The van der Waals surface area contributed by atoms with Gasteiger partial charge in [-0.15, -0.1) is 0 Å². The fourth-order valence-electron chi connectivity index (χ4n) is 1.21. The van der Waals surface area contributed by atoms with Crippen LogP contribution in [-0.4, -0.2) is 35.6 Å². The van der Waals surface area contributed by atoms with Crippen LogP contribution in [0, 0.1) is 0 Å². The highest BCUT2D eigenvalue weighted by molar-refractivity contribution is 5.79. The first-order valence-electron chi connectivity index (χ1n) is 3.72. The molecule has 0 spiro atoms. The van der Waals surface area contributed by atoms with Gasteiger partial charge < -0.3 is 20.3 Å². The summed E-state index contributed by atoms with van der Waals surface area (Å²) in [6, 6.07) is 0. The summed E-state index contributed by atoms with van der Waals surface area (Å²) in [6.45, 7) is 3.06. The van der Waals surface area contributed by atoms with E-state index in [0.29, 0.717) is 0 Å². The molecule has 12 heavy (non-hydrogen) atoms. The van der Waals surface area contributed by atoms with Gasteiger partial charge in [0.25, 0.3) is 0 Å². The number of primary amides is 1. The van der Waals surface area contributed by atoms with Crippen molar-refractivity contribution in [3.05, 3.63) is 0 Å². The van der Waals surface area contributed by atoms with E-state index in [1.165, 1.54) is 0 Å². The number of carbonyl (C=O) groups excluding carboxylic acids is 1. The third kappa shape index (κ3) is 1.74. The van der Waals surface area contributed by atoms with Gasteiger partial charge in [0.1, 0.15) is 6.10 Å². The first-order valence-corrected chi connectivity index (χ1v) is 3.72. The molecule has 1 fully saturated rings. The van der Waals surface area contributed by atoms with Gasteiger partial charge >= 0.3 is 0 Å². The van der Waals surface area contributed by atoms with Gasteiger partial charge in [-0.05, 0) is 13.8 Å². The third-order valence-electron chi connectivity index (χ3n) is 1.64. The van der Waals surface area contributed by atoms with Gasteiger partial charge in [0.2, 0.25) is 5.91 Å². The Balaban J connectivity index is 2.69. The highest BCUT2D eigenvalue weighted by atomic mass is 16.8. The molecule has 1 rings (SSSR count). The molecular formula is C7H13NO4. The summed E-state index contributed by atoms with van der Waals surface area (Å²) in [5.74, 6) is -1.45. The predicted molar refractivity (Wildman–Crippen MR) is 40.1 cm³/mol. The summed E-state index contributed by atoms with van der Waals surface area (Å²) in [5.41, 5.74) is 5.03. The van der Waals surface area contributed by atoms with Crippen molar-refractivity contribution in [2.24, 2.45) is 5.73 Å². The molecule has 1 aliphatic rings. The van der Waals surface area contributed by atoms with E-state index < -0.39 is 23.9 Å². The lowest BCUT2D eigenvalue weighted by Crippen LogP contribution is -2.38. The number of rotatable bonds is 2. The van der Waals surface area contributed by atoms with Crippen LogP contribution in [0.5, 0.6) is 0 Å². The minimum atomic E-state index is -0.843. The van der Waals surface area contributed by atoms with Crippen LogP contribution < -0.4 is 5.73 Å². The SMILES string of the molecule is CC1(C)O[C@H](CO)[C@H](C(N)=O)O1. The van der Waals surface area contributed by atoms with Crippen LogP contribution >= 0.6 is 0 Å². The molecule has 1 aliphatic heterocycles. The molecule has 0 aromatic heterocycles. The lowest BCUT2D eigenvalue weighted by atomic mass is 10.2. The number of amides is 1. The van der Waals surface area contributed by atoms with E-state index in [1.54, 1.807) is 13.8 Å². The first-order chi connectivity index (χ1) is 5.46. The van der Waals surface area contributed by atoms with Gasteiger partial charge in [0.15, 0.2) is 11.9 Å². The summed E-state index contributed by atoms with van der Waals surface area (Å²) >= 11 is 0. The van der Waals surface area contributed by atoms with Crippen molar-refractivity contribution in [2.75, 3.05) is 6.61 Å². The Hall–Kier alpha value is -0.650. The van der Waals surface area contributed by atoms with Crippen molar-refractivity contribution in [2.45, 2.75) is 31.8 Å². The normalized spacial score (nSPS) is 33.6. The van der Waals surface area contributed by atoms with E-state index in [0.717, 1.165) is 0 Å². The third-order valence-corrected chi connectivity index (χ3v) is 1.64. The van der Waals surface area contributed by atoms with E-state index in [2.05, 4.69) is 0 Å². The van der Waals surface area contributed by atoms with E-state index in [1.807, 2.05) is 0 Å². The van der Waals surface area contributed by atoms with Crippen molar-refractivity contribution in [1.82, 2.24) is 0 Å². The summed E-state index contributed by atoms with van der Waals surface area (Å²) in [4.78, 5) is 10.8. The Bertz CT molecular complexity index is 192. The highest BCUT2D eigenvalue weighted by Gasteiger charge is 2.43. The van der Waals surface area contributed by atoms with E-state index in [9.17, 15) is 4.79 Å². The van der Waals surface area contributed by atoms with Gasteiger partial charge in [0.05, 0.1) is 6.61 Å². The molecule has 0 aliphatic carbocycles. The molecule has 70 valence electrons. The molecule has 1 heterocycles. The highest BCUT2D eigenvalue weighted by Crippen LogP contribution is 2.27. The number of aliphatic hydroxyl groups excluding tert-OH is 1. The van der Waals surface area contributed by atoms with E-state index >= 15 is 0 Å². The molecule has 0 saturated carbocycles. The smallest absolute Gasteiger partial charge is 0.249 e. The number of hydrogen-bond donors (Lipinski definition) is 2. The van der Waals surface area contributed by atoms with Crippen LogP contribution in [0.3, 0.4) is 0 Å². The fraction of sp³-hybridized carbons (Fsp3) is 0.857. The number of hydrogen-bond acceptors (Lipinski definition) is 4. The Labute approximate surface area is 70.4 Å². The summed E-state index contributed by atoms with van der Waals surface area (Å²) in [6.07, 6.45) is -1.48. The number of ether oxygens (including phenoxy) is 2. The van der Waals surface area contributed by atoms with Gasteiger partial charge in [-0.3, -0.25) is 4.79 Å². The second kappa shape index (κ2) is 3.01. The van der Waals surface area contributed by atoms with Crippen LogP contribution in [0.15, 0.2) is 0 Å². The zero-order valence-corrected chi connectivity index (χ0v) is 7.11. The molecule has 3 N–H and O–H groups in total. The maximum Gasteiger partial charge on any atom is 0.249 e. The van der Waals surface area contributed by atoms with E-state index in [-0.39, 0.29) is 6.61 Å². The fourth-order valence-corrected chi connectivity index (χ4v) is 1.21. The lowest BCUT2D eigenvalue weighted by molar-refractivity contribution is -0.155. The number of carbonyl (C=O) groups is 1. The monoisotopic (exact) mass is 175 g/mol. The molecule has 1 amide bonds. The van der Waals surface area contributed by atoms with Crippen molar-refractivity contribution in [3.63, 3.8) is 0 Å². The Morgan fingerprint density at radius 1 is 1.58 bits per heavy atom. The minimum Gasteiger partial charge on any atom is -0.394 e. The average molecular weight is 175 g/mol. The Morgan fingerprint density at radius 2 is 2.17 bits per heavy atom. The van der Waals surface area contributed by atoms with Crippen LogP contribution in [0.4, 0.5) is 0 Å². The number of nitrogens with two attached hydrogens (primary N) is 1. The van der Waals surface area contributed by atoms with Crippen LogP contribution in [0.1, 0.15) is 13.8 Å². The van der Waals surface area contributed by atoms with Crippen molar-refractivity contribution in [3.8, 4) is 0 Å². The van der Waals surface area contributed by atoms with Crippen molar-refractivity contribution in [1.29, 1.82) is 0 Å². The standard InChI is InChI=1S/C7H13NO4/c1-7(2)11-4(3-9)5(12-7)6(8)10/h4-5,9H,3H2,1-2H3,(H2,8,10)/t4-,5-/m1/s1. The predicted octanol–water partition coefficient (Wildman–Crippen LogP) is -1.02. The van der Waals surface area contributed by atoms with Gasteiger partial charge in [0, 0.05) is 0 Å². The second-order valence-electron chi connectivity index (χ2n) is 3.18. The molecular weight excluding hydrogens is 162 g/mol.